The normalized spacial score (nSPS) is 23.2. The molecule has 1 fully saturated rings. The standard InChI is InChI=1S/C13H17ClN2O4S/c1-8-6-10(13(17)20-3)16(7-8)21(18,19)11-5-4-9(2)15-12(11)14/h4-5,8,10H,6-7H2,1-3H3/t8-,10-/m1/s1. The van der Waals surface area contributed by atoms with Crippen LogP contribution in [0.25, 0.3) is 0 Å². The average Bonchev–Trinajstić information content (AvgIpc) is 2.80. The van der Waals surface area contributed by atoms with Crippen molar-refractivity contribution in [3.05, 3.63) is 23.0 Å². The minimum atomic E-state index is -3.89. The van der Waals surface area contributed by atoms with Gasteiger partial charge in [-0.3, -0.25) is 4.79 Å². The van der Waals surface area contributed by atoms with Gasteiger partial charge >= 0.3 is 5.97 Å². The molecule has 2 rings (SSSR count). The van der Waals surface area contributed by atoms with E-state index in [9.17, 15) is 13.2 Å². The number of rotatable bonds is 3. The molecule has 1 aromatic heterocycles. The number of sulfonamides is 1. The van der Waals surface area contributed by atoms with E-state index in [1.165, 1.54) is 13.2 Å². The van der Waals surface area contributed by atoms with Gasteiger partial charge < -0.3 is 4.74 Å². The Labute approximate surface area is 129 Å². The zero-order valence-corrected chi connectivity index (χ0v) is 13.6. The Kier molecular flexibility index (Phi) is 4.55. The number of aryl methyl sites for hydroxylation is 1. The molecule has 1 aliphatic heterocycles. The van der Waals surface area contributed by atoms with E-state index in [0.717, 1.165) is 4.31 Å². The highest BCUT2D eigenvalue weighted by molar-refractivity contribution is 7.89. The van der Waals surface area contributed by atoms with E-state index in [-0.39, 0.29) is 22.5 Å². The summed E-state index contributed by atoms with van der Waals surface area (Å²) in [5, 5.41) is -0.0850. The van der Waals surface area contributed by atoms with Gasteiger partial charge in [0.15, 0.2) is 0 Å². The van der Waals surface area contributed by atoms with Crippen molar-refractivity contribution in [3.63, 3.8) is 0 Å². The van der Waals surface area contributed by atoms with Gasteiger partial charge in [-0.2, -0.15) is 4.31 Å². The summed E-state index contributed by atoms with van der Waals surface area (Å²) < 4.78 is 31.3. The number of methoxy groups -OCH3 is 1. The Hall–Kier alpha value is -1.18. The molecule has 21 heavy (non-hydrogen) atoms. The SMILES string of the molecule is COC(=O)[C@H]1C[C@@H](C)CN1S(=O)(=O)c1ccc(C)nc1Cl. The lowest BCUT2D eigenvalue weighted by Crippen LogP contribution is -2.41. The molecule has 1 aromatic rings. The highest BCUT2D eigenvalue weighted by Crippen LogP contribution is 2.32. The summed E-state index contributed by atoms with van der Waals surface area (Å²) in [6.45, 7) is 3.87. The molecule has 0 aliphatic carbocycles. The Balaban J connectivity index is 2.44. The molecule has 0 N–H and O–H groups in total. The number of hydrogen-bond acceptors (Lipinski definition) is 5. The lowest BCUT2D eigenvalue weighted by molar-refractivity contribution is -0.144. The lowest BCUT2D eigenvalue weighted by Gasteiger charge is -2.22. The first-order valence-corrected chi connectivity index (χ1v) is 8.32. The van der Waals surface area contributed by atoms with Crippen LogP contribution in [0.15, 0.2) is 17.0 Å². The van der Waals surface area contributed by atoms with Crippen LogP contribution >= 0.6 is 11.6 Å². The van der Waals surface area contributed by atoms with Gasteiger partial charge in [0, 0.05) is 12.2 Å². The molecule has 2 atom stereocenters. The van der Waals surface area contributed by atoms with Crippen LogP contribution in [0.3, 0.4) is 0 Å². The first-order chi connectivity index (χ1) is 9.77. The molecule has 1 saturated heterocycles. The second-order valence-corrected chi connectivity index (χ2v) is 7.41. The average molecular weight is 333 g/mol. The van der Waals surface area contributed by atoms with Crippen molar-refractivity contribution in [2.24, 2.45) is 5.92 Å². The number of ether oxygens (including phenoxy) is 1. The number of halogens is 1. The van der Waals surface area contributed by atoms with Crippen LogP contribution in [-0.4, -0.2) is 43.4 Å². The summed E-state index contributed by atoms with van der Waals surface area (Å²) >= 11 is 5.96. The molecule has 6 nitrogen and oxygen atoms in total. The number of aromatic nitrogens is 1. The molecule has 2 heterocycles. The molecule has 0 amide bonds. The first kappa shape index (κ1) is 16.2. The molecule has 0 spiro atoms. The van der Waals surface area contributed by atoms with Crippen molar-refractivity contribution in [2.75, 3.05) is 13.7 Å². The van der Waals surface area contributed by atoms with Crippen molar-refractivity contribution < 1.29 is 17.9 Å². The van der Waals surface area contributed by atoms with E-state index >= 15 is 0 Å². The van der Waals surface area contributed by atoms with Crippen molar-refractivity contribution in [1.29, 1.82) is 0 Å². The fourth-order valence-electron chi connectivity index (χ4n) is 2.45. The van der Waals surface area contributed by atoms with E-state index in [4.69, 9.17) is 16.3 Å². The van der Waals surface area contributed by atoms with Gasteiger partial charge in [-0.05, 0) is 31.4 Å². The smallest absolute Gasteiger partial charge is 0.324 e. The van der Waals surface area contributed by atoms with Crippen LogP contribution in [0.1, 0.15) is 19.0 Å². The van der Waals surface area contributed by atoms with Crippen LogP contribution in [0.4, 0.5) is 0 Å². The largest absolute Gasteiger partial charge is 0.468 e. The van der Waals surface area contributed by atoms with Gasteiger partial charge in [0.25, 0.3) is 0 Å². The molecule has 116 valence electrons. The van der Waals surface area contributed by atoms with Crippen molar-refractivity contribution >= 4 is 27.6 Å². The number of esters is 1. The van der Waals surface area contributed by atoms with Gasteiger partial charge in [0.1, 0.15) is 16.1 Å². The molecule has 0 saturated carbocycles. The first-order valence-electron chi connectivity index (χ1n) is 6.50. The molecular formula is C13H17ClN2O4S. The molecule has 1 aliphatic rings. The zero-order chi connectivity index (χ0) is 15.8. The van der Waals surface area contributed by atoms with Crippen molar-refractivity contribution in [1.82, 2.24) is 9.29 Å². The summed E-state index contributed by atoms with van der Waals surface area (Å²) in [4.78, 5) is 15.7. The monoisotopic (exact) mass is 332 g/mol. The number of nitrogens with zero attached hydrogens (tertiary/aromatic N) is 2. The molecule has 8 heteroatoms. The van der Waals surface area contributed by atoms with Gasteiger partial charge in [0.2, 0.25) is 10.0 Å². The van der Waals surface area contributed by atoms with Crippen molar-refractivity contribution in [2.45, 2.75) is 31.2 Å². The van der Waals surface area contributed by atoms with E-state index in [1.54, 1.807) is 13.0 Å². The van der Waals surface area contributed by atoms with Crippen LogP contribution in [-0.2, 0) is 19.6 Å². The predicted octanol–water partition coefficient (Wildman–Crippen LogP) is 1.62. The number of carbonyl (C=O) groups is 1. The van der Waals surface area contributed by atoms with Gasteiger partial charge in [-0.1, -0.05) is 18.5 Å². The summed E-state index contributed by atoms with van der Waals surface area (Å²) in [6, 6.07) is 2.18. The van der Waals surface area contributed by atoms with E-state index in [1.807, 2.05) is 6.92 Å². The highest BCUT2D eigenvalue weighted by atomic mass is 35.5. The maximum absolute atomic E-state index is 12.7. The van der Waals surface area contributed by atoms with Gasteiger partial charge in [0.05, 0.1) is 7.11 Å². The molecule has 0 unspecified atom stereocenters. The minimum Gasteiger partial charge on any atom is -0.468 e. The molecule has 0 aromatic carbocycles. The fourth-order valence-corrected chi connectivity index (χ4v) is 4.65. The summed E-state index contributed by atoms with van der Waals surface area (Å²) in [6.07, 6.45) is 0.433. The van der Waals surface area contributed by atoms with Crippen LogP contribution in [0.5, 0.6) is 0 Å². The number of hydrogen-bond donors (Lipinski definition) is 0. The quantitative estimate of drug-likeness (QED) is 0.621. The third-order valence-corrected chi connectivity index (χ3v) is 5.78. The van der Waals surface area contributed by atoms with Crippen molar-refractivity contribution in [3.8, 4) is 0 Å². The second-order valence-electron chi connectivity index (χ2n) is 5.20. The Morgan fingerprint density at radius 2 is 2.14 bits per heavy atom. The summed E-state index contributed by atoms with van der Waals surface area (Å²) in [7, 11) is -2.64. The van der Waals surface area contributed by atoms with E-state index < -0.39 is 22.0 Å². The maximum atomic E-state index is 12.7. The maximum Gasteiger partial charge on any atom is 0.324 e. The summed E-state index contributed by atoms with van der Waals surface area (Å²) in [5.41, 5.74) is 0.623. The Morgan fingerprint density at radius 1 is 1.48 bits per heavy atom. The van der Waals surface area contributed by atoms with Gasteiger partial charge in [-0.25, -0.2) is 13.4 Å². The van der Waals surface area contributed by atoms with Crippen LogP contribution < -0.4 is 0 Å². The lowest BCUT2D eigenvalue weighted by atomic mass is 10.1. The van der Waals surface area contributed by atoms with Crippen LogP contribution in [0, 0.1) is 12.8 Å². The predicted molar refractivity (Wildman–Crippen MR) is 77.5 cm³/mol. The fraction of sp³-hybridized carbons (Fsp3) is 0.538. The topological polar surface area (TPSA) is 76.6 Å². The Morgan fingerprint density at radius 3 is 2.71 bits per heavy atom. The molecule has 0 bridgehead atoms. The van der Waals surface area contributed by atoms with E-state index in [0.29, 0.717) is 12.1 Å². The zero-order valence-electron chi connectivity index (χ0n) is 12.0. The number of pyridine rings is 1. The molecular weight excluding hydrogens is 316 g/mol. The van der Waals surface area contributed by atoms with Crippen LogP contribution in [0.2, 0.25) is 5.15 Å². The number of carbonyl (C=O) groups excluding carboxylic acids is 1. The second kappa shape index (κ2) is 5.90. The van der Waals surface area contributed by atoms with Gasteiger partial charge in [-0.15, -0.1) is 0 Å². The molecule has 0 radical (unpaired) electrons. The summed E-state index contributed by atoms with van der Waals surface area (Å²) in [5.74, 6) is -0.486. The highest BCUT2D eigenvalue weighted by Gasteiger charge is 2.43. The third-order valence-electron chi connectivity index (χ3n) is 3.48. The minimum absolute atomic E-state index is 0.0704. The third kappa shape index (κ3) is 3.04. The Bertz CT molecular complexity index is 662. The van der Waals surface area contributed by atoms with E-state index in [2.05, 4.69) is 4.98 Å².